The Bertz CT molecular complexity index is 1710. The summed E-state index contributed by atoms with van der Waals surface area (Å²) in [6.07, 6.45) is 0. The molecular formula is C23H9F7N6O4. The topological polar surface area (TPSA) is 121 Å². The average molecular weight is 566 g/mol. The van der Waals surface area contributed by atoms with E-state index in [1.54, 1.807) is 0 Å². The van der Waals surface area contributed by atoms with Crippen LogP contribution in [0.15, 0.2) is 8.83 Å². The molecule has 0 N–H and O–H groups in total. The highest BCUT2D eigenvalue weighted by molar-refractivity contribution is 5.81. The highest BCUT2D eigenvalue weighted by atomic mass is 19.2. The number of rotatable bonds is 5. The second-order valence-electron chi connectivity index (χ2n) is 7.84. The molecule has 5 aromatic rings. The Morgan fingerprint density at radius 1 is 0.775 bits per heavy atom. The van der Waals surface area contributed by atoms with Crippen molar-refractivity contribution in [2.75, 3.05) is 6.61 Å². The van der Waals surface area contributed by atoms with E-state index in [0.29, 0.717) is 0 Å². The fraction of sp³-hybridized carbons (Fsp3) is 0.174. The van der Waals surface area contributed by atoms with E-state index in [-0.39, 0.29) is 6.61 Å². The number of aromatic nitrogens is 5. The highest BCUT2D eigenvalue weighted by Gasteiger charge is 2.35. The summed E-state index contributed by atoms with van der Waals surface area (Å²) in [4.78, 5) is 34.3. The third-order valence-electron chi connectivity index (χ3n) is 5.42. The van der Waals surface area contributed by atoms with Crippen molar-refractivity contribution in [2.24, 2.45) is 0 Å². The Morgan fingerprint density at radius 3 is 1.82 bits per heavy atom. The summed E-state index contributed by atoms with van der Waals surface area (Å²) >= 11 is 0. The molecule has 0 amide bonds. The van der Waals surface area contributed by atoms with E-state index in [2.05, 4.69) is 29.8 Å². The fourth-order valence-corrected chi connectivity index (χ4v) is 3.54. The predicted molar refractivity (Wildman–Crippen MR) is 116 cm³/mol. The molecule has 10 nitrogen and oxygen atoms in total. The zero-order chi connectivity index (χ0) is 29.0. The molecule has 0 spiro atoms. The van der Waals surface area contributed by atoms with Gasteiger partial charge in [0.05, 0.1) is 6.61 Å². The summed E-state index contributed by atoms with van der Waals surface area (Å²) < 4.78 is 113. The molecule has 0 fully saturated rings. The number of fused-ring (bicyclic) bond motifs is 2. The van der Waals surface area contributed by atoms with Gasteiger partial charge in [-0.1, -0.05) is 0 Å². The molecule has 0 saturated carbocycles. The molecular weight excluding hydrogens is 557 g/mol. The van der Waals surface area contributed by atoms with E-state index in [0.717, 1.165) is 6.92 Å². The van der Waals surface area contributed by atoms with Crippen LogP contribution in [-0.2, 0) is 9.53 Å². The van der Waals surface area contributed by atoms with E-state index in [1.165, 1.54) is 6.92 Å². The number of carbonyl (C=O) groups is 1. The first kappa shape index (κ1) is 26.5. The predicted octanol–water partition coefficient (Wildman–Crippen LogP) is 5.29. The number of carbonyl (C=O) groups excluding carboxylic acids is 1. The van der Waals surface area contributed by atoms with E-state index in [1.807, 2.05) is 0 Å². The zero-order valence-electron chi connectivity index (χ0n) is 19.7. The van der Waals surface area contributed by atoms with Gasteiger partial charge in [0.15, 0.2) is 45.8 Å². The lowest BCUT2D eigenvalue weighted by Gasteiger charge is -2.06. The molecule has 1 unspecified atom stereocenters. The molecule has 0 saturated heterocycles. The van der Waals surface area contributed by atoms with Crippen molar-refractivity contribution in [1.29, 1.82) is 0 Å². The lowest BCUT2D eigenvalue weighted by molar-refractivity contribution is -0.143. The number of hydrogen-bond acceptors (Lipinski definition) is 9. The molecule has 0 aliphatic rings. The summed E-state index contributed by atoms with van der Waals surface area (Å²) in [6, 6.07) is -1.87. The molecule has 5 rings (SSSR count). The maximum absolute atomic E-state index is 14.4. The van der Waals surface area contributed by atoms with Gasteiger partial charge in [-0.3, -0.25) is 4.85 Å². The summed E-state index contributed by atoms with van der Waals surface area (Å²) in [6.45, 7) is 9.72. The second-order valence-corrected chi connectivity index (χ2v) is 7.84. The minimum absolute atomic E-state index is 0.155. The third kappa shape index (κ3) is 3.95. The maximum Gasteiger partial charge on any atom is 0.398 e. The minimum Gasteiger partial charge on any atom is -0.460 e. The Hall–Kier alpha value is -5.14. The van der Waals surface area contributed by atoms with Gasteiger partial charge in [-0.15, -0.1) is 0 Å². The van der Waals surface area contributed by atoms with Crippen LogP contribution in [0.2, 0.25) is 0 Å². The van der Waals surface area contributed by atoms with Crippen LogP contribution in [0, 0.1) is 54.2 Å². The number of halogens is 7. The average Bonchev–Trinajstić information content (AvgIpc) is 3.59. The van der Waals surface area contributed by atoms with Crippen molar-refractivity contribution in [3.63, 3.8) is 0 Å². The van der Waals surface area contributed by atoms with Crippen LogP contribution in [0.1, 0.15) is 24.4 Å². The molecule has 40 heavy (non-hydrogen) atoms. The molecule has 3 aromatic heterocycles. The Balaban J connectivity index is 1.78. The number of oxazole rings is 2. The molecule has 0 aliphatic carbocycles. The molecule has 0 radical (unpaired) electrons. The number of aryl methyl sites for hydroxylation is 1. The maximum atomic E-state index is 14.4. The van der Waals surface area contributed by atoms with Gasteiger partial charge in [-0.2, -0.15) is 19.3 Å². The minimum atomic E-state index is -2.19. The van der Waals surface area contributed by atoms with E-state index < -0.39 is 110 Å². The lowest BCUT2D eigenvalue weighted by Crippen LogP contribution is -2.17. The molecule has 0 bridgehead atoms. The second kappa shape index (κ2) is 9.55. The van der Waals surface area contributed by atoms with Crippen molar-refractivity contribution < 1.29 is 49.1 Å². The van der Waals surface area contributed by atoms with Crippen molar-refractivity contribution in [3.05, 3.63) is 63.5 Å². The van der Waals surface area contributed by atoms with Crippen molar-refractivity contribution >= 4 is 28.2 Å². The first-order valence-electron chi connectivity index (χ1n) is 10.8. The van der Waals surface area contributed by atoms with Gasteiger partial charge in [-0.25, -0.2) is 47.7 Å². The van der Waals surface area contributed by atoms with Crippen molar-refractivity contribution in [2.45, 2.75) is 19.9 Å². The Kier molecular flexibility index (Phi) is 6.32. The van der Waals surface area contributed by atoms with E-state index >= 15 is 0 Å². The van der Waals surface area contributed by atoms with Gasteiger partial charge in [-0.05, 0) is 13.8 Å². The first-order chi connectivity index (χ1) is 19.0. The van der Waals surface area contributed by atoms with Crippen LogP contribution >= 0.6 is 0 Å². The van der Waals surface area contributed by atoms with Crippen LogP contribution in [0.4, 0.5) is 30.7 Å². The smallest absolute Gasteiger partial charge is 0.398 e. The molecule has 17 heteroatoms. The molecule has 204 valence electrons. The zero-order valence-corrected chi connectivity index (χ0v) is 19.7. The molecule has 2 aromatic carbocycles. The summed E-state index contributed by atoms with van der Waals surface area (Å²) in [5.41, 5.74) is -4.03. The van der Waals surface area contributed by atoms with Crippen LogP contribution in [-0.4, -0.2) is 37.5 Å². The first-order valence-corrected chi connectivity index (χ1v) is 10.8. The third-order valence-corrected chi connectivity index (χ3v) is 5.42. The van der Waals surface area contributed by atoms with Crippen molar-refractivity contribution in [1.82, 2.24) is 24.9 Å². The van der Waals surface area contributed by atoms with Gasteiger partial charge in [0.25, 0.3) is 11.8 Å². The number of ether oxygens (including phenoxy) is 1. The van der Waals surface area contributed by atoms with E-state index in [4.69, 9.17) is 20.1 Å². The van der Waals surface area contributed by atoms with Gasteiger partial charge >= 0.3 is 12.0 Å². The number of nitrogens with zero attached hydrogens (tertiary/aromatic N) is 6. The Morgan fingerprint density at radius 2 is 1.27 bits per heavy atom. The summed E-state index contributed by atoms with van der Waals surface area (Å²) in [5, 5.41) is 0. The van der Waals surface area contributed by atoms with Crippen LogP contribution in [0.5, 0.6) is 0 Å². The largest absolute Gasteiger partial charge is 0.460 e. The fourth-order valence-electron chi connectivity index (χ4n) is 3.54. The quantitative estimate of drug-likeness (QED) is 0.0918. The number of esters is 1. The van der Waals surface area contributed by atoms with Crippen LogP contribution in [0.25, 0.3) is 50.5 Å². The van der Waals surface area contributed by atoms with Crippen LogP contribution in [0.3, 0.4) is 0 Å². The number of benzene rings is 2. The highest BCUT2D eigenvalue weighted by Crippen LogP contribution is 2.33. The summed E-state index contributed by atoms with van der Waals surface area (Å²) in [7, 11) is 0. The van der Waals surface area contributed by atoms with E-state index in [9.17, 15) is 35.5 Å². The van der Waals surface area contributed by atoms with Gasteiger partial charge in [0, 0.05) is 5.56 Å². The van der Waals surface area contributed by atoms with Gasteiger partial charge in [0.2, 0.25) is 29.1 Å². The number of hydrogen-bond donors (Lipinski definition) is 0. The monoisotopic (exact) mass is 566 g/mol. The normalized spacial score (nSPS) is 12.2. The lowest BCUT2D eigenvalue weighted by atomic mass is 10.2. The molecule has 0 aliphatic heterocycles. The van der Waals surface area contributed by atoms with Gasteiger partial charge in [0.1, 0.15) is 5.52 Å². The summed E-state index contributed by atoms with van der Waals surface area (Å²) in [5.74, 6) is -18.1. The van der Waals surface area contributed by atoms with Gasteiger partial charge < -0.3 is 13.6 Å². The Labute approximate surface area is 216 Å². The molecule has 1 atom stereocenters. The van der Waals surface area contributed by atoms with Crippen LogP contribution < -0.4 is 0 Å². The standard InChI is InChI=1S/C23H9F7N6O4/c1-4-38-23(37)15(31-3)18-34-19(21-32-13-10(28)7(25)6(24)5(2)16(13)39-21)36-20(35-18)22-33-14-11(29)8(26)9(27)12(30)17(14)40-22/h15H,4H2,1-2H3. The van der Waals surface area contributed by atoms with Crippen molar-refractivity contribution in [3.8, 4) is 23.4 Å². The SMILES string of the molecule is [C-]#[N+]C(C(=O)OCC)c1nc(-c2nc3c(F)c(F)c(F)c(C)c3o2)nc(-c2nc3c(F)c(F)c(F)c(F)c3o2)n1. The molecule has 3 heterocycles.